The van der Waals surface area contributed by atoms with Crippen LogP contribution in [0.4, 0.5) is 0 Å². The van der Waals surface area contributed by atoms with Gasteiger partial charge in [-0.25, -0.2) is 0 Å². The van der Waals surface area contributed by atoms with Crippen LogP contribution in [-0.4, -0.2) is 17.4 Å². The first-order valence-electron chi connectivity index (χ1n) is 4.01. The van der Waals surface area contributed by atoms with Crippen LogP contribution in [0.5, 0.6) is 0 Å². The van der Waals surface area contributed by atoms with Gasteiger partial charge < -0.3 is 4.90 Å². The molecule has 1 saturated heterocycles. The largest absolute Gasteiger partial charge is 0.312 e. The Bertz CT molecular complexity index is 200. The van der Waals surface area contributed by atoms with Gasteiger partial charge in [-0.2, -0.15) is 0 Å². The second-order valence-corrected chi connectivity index (χ2v) is 2.63. The minimum atomic E-state index is 0.227. The maximum Gasteiger partial charge on any atom is 0.226 e. The Morgan fingerprint density at radius 1 is 1.55 bits per heavy atom. The van der Waals surface area contributed by atoms with Gasteiger partial charge in [0.25, 0.3) is 0 Å². The third-order valence-electron chi connectivity index (χ3n) is 1.76. The molecule has 1 fully saturated rings. The Morgan fingerprint density at radius 3 is 3.00 bits per heavy atom. The van der Waals surface area contributed by atoms with Gasteiger partial charge in [0.05, 0.1) is 0 Å². The van der Waals surface area contributed by atoms with Gasteiger partial charge in [0.1, 0.15) is 0 Å². The molecule has 0 aliphatic carbocycles. The lowest BCUT2D eigenvalue weighted by Crippen LogP contribution is -2.30. The highest BCUT2D eigenvalue weighted by atomic mass is 16.2. The van der Waals surface area contributed by atoms with Crippen molar-refractivity contribution < 1.29 is 4.79 Å². The van der Waals surface area contributed by atoms with E-state index in [4.69, 9.17) is 0 Å². The minimum absolute atomic E-state index is 0.227. The van der Waals surface area contributed by atoms with E-state index in [0.29, 0.717) is 6.42 Å². The maximum absolute atomic E-state index is 11.1. The van der Waals surface area contributed by atoms with Crippen LogP contribution < -0.4 is 0 Å². The van der Waals surface area contributed by atoms with E-state index < -0.39 is 0 Å². The first kappa shape index (κ1) is 8.09. The summed E-state index contributed by atoms with van der Waals surface area (Å²) in [6.45, 7) is 2.75. The monoisotopic (exact) mass is 151 g/mol. The van der Waals surface area contributed by atoms with Crippen molar-refractivity contribution in [3.63, 3.8) is 0 Å². The van der Waals surface area contributed by atoms with Crippen LogP contribution in [0.2, 0.25) is 0 Å². The molecule has 0 bridgehead atoms. The lowest BCUT2D eigenvalue weighted by molar-refractivity contribution is -0.130. The van der Waals surface area contributed by atoms with Crippen LogP contribution in [0, 0.1) is 0 Å². The quantitative estimate of drug-likeness (QED) is 0.522. The zero-order chi connectivity index (χ0) is 8.10. The number of amides is 1. The summed E-state index contributed by atoms with van der Waals surface area (Å²) in [5, 5.41) is 0. The smallest absolute Gasteiger partial charge is 0.226 e. The number of hydrogen-bond acceptors (Lipinski definition) is 1. The number of carbonyl (C=O) groups excluding carboxylic acids is 1. The topological polar surface area (TPSA) is 20.3 Å². The summed E-state index contributed by atoms with van der Waals surface area (Å²) in [7, 11) is 0. The predicted octanol–water partition coefficient (Wildman–Crippen LogP) is 1.69. The molecule has 11 heavy (non-hydrogen) atoms. The number of allylic oxidation sites excluding steroid dienone is 1. The van der Waals surface area contributed by atoms with E-state index >= 15 is 0 Å². The first-order valence-corrected chi connectivity index (χ1v) is 4.01. The van der Waals surface area contributed by atoms with Gasteiger partial charge in [-0.05, 0) is 25.8 Å². The van der Waals surface area contributed by atoms with E-state index in [1.54, 1.807) is 11.1 Å². The molecule has 1 heterocycles. The normalized spacial score (nSPS) is 17.5. The van der Waals surface area contributed by atoms with E-state index in [-0.39, 0.29) is 5.91 Å². The summed E-state index contributed by atoms with van der Waals surface area (Å²) in [4.78, 5) is 12.9. The summed E-state index contributed by atoms with van der Waals surface area (Å²) < 4.78 is 0. The van der Waals surface area contributed by atoms with Crippen LogP contribution in [-0.2, 0) is 4.79 Å². The van der Waals surface area contributed by atoms with Crippen LogP contribution in [0.1, 0.15) is 26.2 Å². The first-order chi connectivity index (χ1) is 5.34. The molecule has 0 aromatic heterocycles. The second-order valence-electron chi connectivity index (χ2n) is 2.63. The molecule has 2 heteroatoms. The molecule has 1 amide bonds. The maximum atomic E-state index is 11.1. The lowest BCUT2D eigenvalue weighted by atomic mass is 10.1. The minimum Gasteiger partial charge on any atom is -0.312 e. The molecule has 0 spiro atoms. The fraction of sp³-hybridized carbons (Fsp3) is 0.556. The van der Waals surface area contributed by atoms with Crippen LogP contribution in [0.15, 0.2) is 18.0 Å². The third-order valence-corrected chi connectivity index (χ3v) is 1.76. The predicted molar refractivity (Wildman–Crippen MR) is 43.9 cm³/mol. The number of rotatable bonds is 1. The standard InChI is InChI=1S/C9H13NO/c1-2-3-7-10-8-5-4-6-9(10)11/h2,7H,4-6,8H2,1H3. The van der Waals surface area contributed by atoms with Crippen molar-refractivity contribution in [3.05, 3.63) is 18.0 Å². The SMILES string of the molecule is CC=C=CN1CCCCC1=O. The van der Waals surface area contributed by atoms with Gasteiger partial charge in [0.15, 0.2) is 0 Å². The molecule has 0 saturated carbocycles. The molecule has 1 aliphatic heterocycles. The second kappa shape index (κ2) is 3.99. The summed E-state index contributed by atoms with van der Waals surface area (Å²) in [5.41, 5.74) is 2.90. The van der Waals surface area contributed by atoms with Crippen LogP contribution >= 0.6 is 0 Å². The van der Waals surface area contributed by atoms with E-state index in [2.05, 4.69) is 5.73 Å². The fourth-order valence-corrected chi connectivity index (χ4v) is 1.13. The summed E-state index contributed by atoms with van der Waals surface area (Å²) in [5.74, 6) is 0.227. The van der Waals surface area contributed by atoms with Crippen molar-refractivity contribution in [3.8, 4) is 0 Å². The summed E-state index contributed by atoms with van der Waals surface area (Å²) >= 11 is 0. The van der Waals surface area contributed by atoms with Crippen molar-refractivity contribution in [2.75, 3.05) is 6.54 Å². The Kier molecular flexibility index (Phi) is 2.94. The zero-order valence-corrected chi connectivity index (χ0v) is 6.84. The molecule has 0 aromatic carbocycles. The number of piperidine rings is 1. The molecular formula is C9H13NO. The fourth-order valence-electron chi connectivity index (χ4n) is 1.13. The molecule has 0 N–H and O–H groups in total. The van der Waals surface area contributed by atoms with E-state index in [0.717, 1.165) is 19.4 Å². The number of likely N-dealkylation sites (tertiary alicyclic amines) is 1. The van der Waals surface area contributed by atoms with E-state index in [9.17, 15) is 4.79 Å². The number of hydrogen-bond donors (Lipinski definition) is 0. The van der Waals surface area contributed by atoms with Crippen molar-refractivity contribution in [2.45, 2.75) is 26.2 Å². The van der Waals surface area contributed by atoms with Gasteiger partial charge >= 0.3 is 0 Å². The van der Waals surface area contributed by atoms with Gasteiger partial charge in [-0.15, -0.1) is 5.73 Å². The van der Waals surface area contributed by atoms with Crippen LogP contribution in [0.25, 0.3) is 0 Å². The molecule has 60 valence electrons. The molecule has 0 atom stereocenters. The highest BCUT2D eigenvalue weighted by Crippen LogP contribution is 2.09. The van der Waals surface area contributed by atoms with Gasteiger partial charge in [-0.1, -0.05) is 0 Å². The summed E-state index contributed by atoms with van der Waals surface area (Å²) in [6, 6.07) is 0. The van der Waals surface area contributed by atoms with E-state index in [1.807, 2.05) is 13.0 Å². The molecule has 0 aromatic rings. The van der Waals surface area contributed by atoms with Gasteiger partial charge in [-0.3, -0.25) is 4.79 Å². The number of nitrogens with zero attached hydrogens (tertiary/aromatic N) is 1. The van der Waals surface area contributed by atoms with Gasteiger partial charge in [0.2, 0.25) is 5.91 Å². The van der Waals surface area contributed by atoms with E-state index in [1.165, 1.54) is 0 Å². The van der Waals surface area contributed by atoms with Crippen molar-refractivity contribution in [1.82, 2.24) is 4.90 Å². The molecule has 2 nitrogen and oxygen atoms in total. The molecule has 1 aliphatic rings. The lowest BCUT2D eigenvalue weighted by Gasteiger charge is -2.21. The Hall–Kier alpha value is -1.01. The van der Waals surface area contributed by atoms with Crippen molar-refractivity contribution in [2.24, 2.45) is 0 Å². The Balaban J connectivity index is 2.55. The molecular weight excluding hydrogens is 138 g/mol. The van der Waals surface area contributed by atoms with Crippen LogP contribution in [0.3, 0.4) is 0 Å². The average Bonchev–Trinajstić information content (AvgIpc) is 2.03. The molecule has 1 rings (SSSR count). The Labute approximate surface area is 67.2 Å². The molecule has 0 unspecified atom stereocenters. The van der Waals surface area contributed by atoms with Gasteiger partial charge in [0, 0.05) is 19.2 Å². The summed E-state index contributed by atoms with van der Waals surface area (Å²) in [6.07, 6.45) is 6.40. The molecule has 0 radical (unpaired) electrons. The third kappa shape index (κ3) is 2.24. The highest BCUT2D eigenvalue weighted by Gasteiger charge is 2.14. The Morgan fingerprint density at radius 2 is 2.36 bits per heavy atom. The highest BCUT2D eigenvalue weighted by molar-refractivity contribution is 5.77. The van der Waals surface area contributed by atoms with Crippen molar-refractivity contribution in [1.29, 1.82) is 0 Å². The number of carbonyl (C=O) groups is 1. The van der Waals surface area contributed by atoms with Crippen molar-refractivity contribution >= 4 is 5.91 Å². The zero-order valence-electron chi connectivity index (χ0n) is 6.84. The average molecular weight is 151 g/mol.